The number of hydrogen-bond acceptors (Lipinski definition) is 3. The lowest BCUT2D eigenvalue weighted by atomic mass is 10.1. The van der Waals surface area contributed by atoms with Crippen LogP contribution in [0.15, 0.2) is 18.5 Å². The third-order valence-electron chi connectivity index (χ3n) is 3.17. The highest BCUT2D eigenvalue weighted by molar-refractivity contribution is 5.96. The van der Waals surface area contributed by atoms with Gasteiger partial charge in [0, 0.05) is 25.0 Å². The molecule has 1 aromatic rings. The first-order chi connectivity index (χ1) is 8.74. The van der Waals surface area contributed by atoms with Gasteiger partial charge in [-0.3, -0.25) is 9.78 Å². The Kier molecular flexibility index (Phi) is 3.96. The summed E-state index contributed by atoms with van der Waals surface area (Å²) in [6.07, 6.45) is 5.26. The first kappa shape index (κ1) is 12.6. The first-order valence-corrected chi connectivity index (χ1v) is 6.08. The normalized spacial score (nSPS) is 18.3. The lowest BCUT2D eigenvalue weighted by Gasteiger charge is -2.21. The van der Waals surface area contributed by atoms with Crippen molar-refractivity contribution in [3.05, 3.63) is 29.6 Å². The molecule has 0 saturated carbocycles. The van der Waals surface area contributed by atoms with Crippen LogP contribution < -0.4 is 0 Å². The third kappa shape index (κ3) is 2.52. The summed E-state index contributed by atoms with van der Waals surface area (Å²) in [6.45, 7) is 2.64. The zero-order chi connectivity index (χ0) is 13.0. The van der Waals surface area contributed by atoms with E-state index in [2.05, 4.69) is 23.7 Å². The minimum absolute atomic E-state index is 0.00430. The number of rotatable bonds is 1. The molecule has 1 amide bonds. The topological polar surface area (TPSA) is 53.4 Å². The van der Waals surface area contributed by atoms with E-state index in [-0.39, 0.29) is 18.6 Å². The lowest BCUT2D eigenvalue weighted by Crippen LogP contribution is -2.34. The average Bonchev–Trinajstić information content (AvgIpc) is 2.82. The second-order valence-electron chi connectivity index (χ2n) is 4.37. The molecule has 1 atom stereocenters. The summed E-state index contributed by atoms with van der Waals surface area (Å²) in [5.41, 5.74) is 1.15. The second kappa shape index (κ2) is 5.65. The molecule has 0 aliphatic carbocycles. The SMILES string of the molecule is CC1CCCN1C(=O)c1ccncc1C#CCO. The van der Waals surface area contributed by atoms with E-state index in [0.717, 1.165) is 19.4 Å². The molecule has 1 fully saturated rings. The molecule has 4 nitrogen and oxygen atoms in total. The van der Waals surface area contributed by atoms with Gasteiger partial charge in [-0.25, -0.2) is 0 Å². The van der Waals surface area contributed by atoms with Crippen LogP contribution in [0.5, 0.6) is 0 Å². The monoisotopic (exact) mass is 244 g/mol. The van der Waals surface area contributed by atoms with Gasteiger partial charge in [-0.05, 0) is 25.8 Å². The number of amides is 1. The van der Waals surface area contributed by atoms with Gasteiger partial charge in [-0.2, -0.15) is 0 Å². The molecule has 18 heavy (non-hydrogen) atoms. The molecule has 0 radical (unpaired) electrons. The van der Waals surface area contributed by atoms with Gasteiger partial charge in [0.15, 0.2) is 0 Å². The Bertz CT molecular complexity index is 502. The number of pyridine rings is 1. The molecule has 4 heteroatoms. The largest absolute Gasteiger partial charge is 0.384 e. The van der Waals surface area contributed by atoms with Crippen molar-refractivity contribution < 1.29 is 9.90 Å². The first-order valence-electron chi connectivity index (χ1n) is 6.08. The number of aromatic nitrogens is 1. The number of hydrogen-bond donors (Lipinski definition) is 1. The number of carbonyl (C=O) groups is 1. The Hall–Kier alpha value is -1.86. The standard InChI is InChI=1S/C14H16N2O2/c1-11-4-2-8-16(11)14(18)13-6-7-15-10-12(13)5-3-9-17/h6-7,10-11,17H,2,4,8-9H2,1H3. The highest BCUT2D eigenvalue weighted by atomic mass is 16.2. The van der Waals surface area contributed by atoms with Crippen molar-refractivity contribution in [2.75, 3.05) is 13.2 Å². The Labute approximate surface area is 107 Å². The minimum Gasteiger partial charge on any atom is -0.384 e. The molecule has 1 aromatic heterocycles. The Morgan fingerprint density at radius 3 is 3.17 bits per heavy atom. The van der Waals surface area contributed by atoms with Gasteiger partial charge in [-0.15, -0.1) is 0 Å². The van der Waals surface area contributed by atoms with Gasteiger partial charge in [0.25, 0.3) is 5.91 Å². The van der Waals surface area contributed by atoms with E-state index >= 15 is 0 Å². The van der Waals surface area contributed by atoms with Crippen molar-refractivity contribution in [2.45, 2.75) is 25.8 Å². The highest BCUT2D eigenvalue weighted by Gasteiger charge is 2.27. The molecule has 0 aromatic carbocycles. The summed E-state index contributed by atoms with van der Waals surface area (Å²) in [5.74, 6) is 5.33. The van der Waals surface area contributed by atoms with Gasteiger partial charge in [0.2, 0.25) is 0 Å². The van der Waals surface area contributed by atoms with Crippen molar-refractivity contribution >= 4 is 5.91 Å². The van der Waals surface area contributed by atoms with Crippen LogP contribution in [0.25, 0.3) is 0 Å². The van der Waals surface area contributed by atoms with E-state index in [1.807, 2.05) is 4.90 Å². The van der Waals surface area contributed by atoms with Crippen molar-refractivity contribution in [3.8, 4) is 11.8 Å². The summed E-state index contributed by atoms with van der Waals surface area (Å²) in [4.78, 5) is 18.3. The fraction of sp³-hybridized carbons (Fsp3) is 0.429. The van der Waals surface area contributed by atoms with Crippen molar-refractivity contribution in [3.63, 3.8) is 0 Å². The zero-order valence-electron chi connectivity index (χ0n) is 10.4. The maximum absolute atomic E-state index is 12.4. The molecule has 94 valence electrons. The molecule has 1 aliphatic rings. The average molecular weight is 244 g/mol. The Morgan fingerprint density at radius 2 is 2.50 bits per heavy atom. The number of aliphatic hydroxyl groups excluding tert-OH is 1. The van der Waals surface area contributed by atoms with E-state index in [9.17, 15) is 4.79 Å². The molecule has 1 aliphatic heterocycles. The number of aliphatic hydroxyl groups is 1. The van der Waals surface area contributed by atoms with Gasteiger partial charge < -0.3 is 10.0 Å². The molecule has 2 rings (SSSR count). The fourth-order valence-electron chi connectivity index (χ4n) is 2.21. The van der Waals surface area contributed by atoms with Crippen molar-refractivity contribution in [1.82, 2.24) is 9.88 Å². The predicted molar refractivity (Wildman–Crippen MR) is 67.9 cm³/mol. The molecule has 2 heterocycles. The van der Waals surface area contributed by atoms with Crippen LogP contribution in [0, 0.1) is 11.8 Å². The van der Waals surface area contributed by atoms with Crippen LogP contribution in [0.1, 0.15) is 35.7 Å². The second-order valence-corrected chi connectivity index (χ2v) is 4.37. The van der Waals surface area contributed by atoms with E-state index in [1.54, 1.807) is 18.5 Å². The van der Waals surface area contributed by atoms with Gasteiger partial charge in [0.05, 0.1) is 11.1 Å². The summed E-state index contributed by atoms with van der Waals surface area (Å²) >= 11 is 0. The van der Waals surface area contributed by atoms with Crippen molar-refractivity contribution in [1.29, 1.82) is 0 Å². The summed E-state index contributed by atoms with van der Waals surface area (Å²) in [5, 5.41) is 8.72. The predicted octanol–water partition coefficient (Wildman–Crippen LogP) is 1.05. The molecule has 0 spiro atoms. The number of nitrogens with zero attached hydrogens (tertiary/aromatic N) is 2. The molecule has 1 N–H and O–H groups in total. The van der Waals surface area contributed by atoms with Gasteiger partial charge >= 0.3 is 0 Å². The Morgan fingerprint density at radius 1 is 1.67 bits per heavy atom. The molecular formula is C14H16N2O2. The maximum Gasteiger partial charge on any atom is 0.255 e. The van der Waals surface area contributed by atoms with Crippen LogP contribution >= 0.6 is 0 Å². The summed E-state index contributed by atoms with van der Waals surface area (Å²) in [6, 6.07) is 1.97. The smallest absolute Gasteiger partial charge is 0.255 e. The lowest BCUT2D eigenvalue weighted by molar-refractivity contribution is 0.0747. The molecule has 1 unspecified atom stereocenters. The maximum atomic E-state index is 12.4. The van der Waals surface area contributed by atoms with Gasteiger partial charge in [-0.1, -0.05) is 11.8 Å². The van der Waals surface area contributed by atoms with Crippen LogP contribution in [0.3, 0.4) is 0 Å². The van der Waals surface area contributed by atoms with Crippen molar-refractivity contribution in [2.24, 2.45) is 0 Å². The quantitative estimate of drug-likeness (QED) is 0.751. The van der Waals surface area contributed by atoms with Crippen LogP contribution in [0.2, 0.25) is 0 Å². The molecule has 1 saturated heterocycles. The highest BCUT2D eigenvalue weighted by Crippen LogP contribution is 2.20. The molecular weight excluding hydrogens is 228 g/mol. The van der Waals surface area contributed by atoms with Gasteiger partial charge in [0.1, 0.15) is 6.61 Å². The molecule has 0 bridgehead atoms. The van der Waals surface area contributed by atoms with E-state index in [1.165, 1.54) is 0 Å². The van der Waals surface area contributed by atoms with Crippen LogP contribution in [0.4, 0.5) is 0 Å². The van der Waals surface area contributed by atoms with Crippen LogP contribution in [-0.4, -0.2) is 40.1 Å². The summed E-state index contributed by atoms with van der Waals surface area (Å²) < 4.78 is 0. The third-order valence-corrected chi connectivity index (χ3v) is 3.17. The summed E-state index contributed by atoms with van der Waals surface area (Å²) in [7, 11) is 0. The fourth-order valence-corrected chi connectivity index (χ4v) is 2.21. The zero-order valence-corrected chi connectivity index (χ0v) is 10.4. The van der Waals surface area contributed by atoms with E-state index < -0.39 is 0 Å². The van der Waals surface area contributed by atoms with E-state index in [4.69, 9.17) is 5.11 Å². The number of likely N-dealkylation sites (tertiary alicyclic amines) is 1. The van der Waals surface area contributed by atoms with Crippen LogP contribution in [-0.2, 0) is 0 Å². The minimum atomic E-state index is -0.220. The van der Waals surface area contributed by atoms with E-state index in [0.29, 0.717) is 11.1 Å². The Balaban J connectivity index is 2.30. The number of carbonyl (C=O) groups excluding carboxylic acids is 1.